The Bertz CT molecular complexity index is 675. The molecule has 2 aromatic rings. The van der Waals surface area contributed by atoms with Gasteiger partial charge in [-0.3, -0.25) is 4.79 Å². The monoisotopic (exact) mass is 297 g/mol. The molecule has 0 aliphatic rings. The number of anilines is 1. The van der Waals surface area contributed by atoms with E-state index >= 15 is 0 Å². The number of hydrogen-bond acceptors (Lipinski definition) is 4. The average molecular weight is 297 g/mol. The van der Waals surface area contributed by atoms with Crippen molar-refractivity contribution >= 4 is 17.5 Å². The number of ketones is 1. The zero-order chi connectivity index (χ0) is 15.9. The van der Waals surface area contributed by atoms with Crippen LogP contribution in [0, 0.1) is 0 Å². The molecule has 0 aliphatic heterocycles. The third kappa shape index (κ3) is 3.47. The van der Waals surface area contributed by atoms with Gasteiger partial charge >= 0.3 is 0 Å². The fourth-order valence-electron chi connectivity index (χ4n) is 2.11. The minimum absolute atomic E-state index is 0.0625. The molecule has 22 heavy (non-hydrogen) atoms. The summed E-state index contributed by atoms with van der Waals surface area (Å²) in [5.74, 6) is 1.18. The molecule has 0 saturated carbocycles. The largest absolute Gasteiger partial charge is 0.493 e. The fraction of sp³-hybridized carbons (Fsp3) is 0.167. The van der Waals surface area contributed by atoms with Crippen molar-refractivity contribution in [3.8, 4) is 11.5 Å². The summed E-state index contributed by atoms with van der Waals surface area (Å²) in [4.78, 5) is 12.2. The molecular formula is C18H19NO3. The summed E-state index contributed by atoms with van der Waals surface area (Å²) in [6, 6.07) is 12.9. The van der Waals surface area contributed by atoms with Crippen molar-refractivity contribution in [3.63, 3.8) is 0 Å². The predicted octanol–water partition coefficient (Wildman–Crippen LogP) is 3.64. The Morgan fingerprint density at radius 3 is 2.36 bits per heavy atom. The van der Waals surface area contributed by atoms with Gasteiger partial charge in [-0.25, -0.2) is 0 Å². The van der Waals surface area contributed by atoms with Crippen LogP contribution in [-0.2, 0) is 0 Å². The molecule has 2 aromatic carbocycles. The van der Waals surface area contributed by atoms with Crippen molar-refractivity contribution in [3.05, 3.63) is 59.7 Å². The maximum Gasteiger partial charge on any atom is 0.185 e. The molecule has 0 heterocycles. The van der Waals surface area contributed by atoms with Crippen LogP contribution >= 0.6 is 0 Å². The standard InChI is InChI=1S/C18H19NO3/c1-19-15-10-7-13(8-11-15)16(20)12-9-14-5-4-6-17(21-2)18(14)22-3/h4-12,19H,1-3H3. The minimum atomic E-state index is -0.0625. The number of para-hydroxylation sites is 1. The molecular weight excluding hydrogens is 278 g/mol. The summed E-state index contributed by atoms with van der Waals surface area (Å²) in [6.07, 6.45) is 3.27. The molecule has 0 aromatic heterocycles. The molecule has 0 bridgehead atoms. The van der Waals surface area contributed by atoms with Gasteiger partial charge < -0.3 is 14.8 Å². The van der Waals surface area contributed by atoms with Crippen LogP contribution < -0.4 is 14.8 Å². The molecule has 0 fully saturated rings. The molecule has 1 N–H and O–H groups in total. The number of methoxy groups -OCH3 is 2. The first-order valence-electron chi connectivity index (χ1n) is 6.90. The van der Waals surface area contributed by atoms with E-state index < -0.39 is 0 Å². The summed E-state index contributed by atoms with van der Waals surface area (Å²) < 4.78 is 10.6. The maximum atomic E-state index is 12.2. The van der Waals surface area contributed by atoms with E-state index in [1.807, 2.05) is 37.4 Å². The van der Waals surface area contributed by atoms with Gasteiger partial charge in [0, 0.05) is 23.9 Å². The van der Waals surface area contributed by atoms with E-state index in [0.29, 0.717) is 17.1 Å². The quantitative estimate of drug-likeness (QED) is 0.653. The normalized spacial score (nSPS) is 10.5. The first-order valence-corrected chi connectivity index (χ1v) is 6.90. The summed E-state index contributed by atoms with van der Waals surface area (Å²) in [7, 11) is 5.00. The summed E-state index contributed by atoms with van der Waals surface area (Å²) in [5.41, 5.74) is 2.40. The van der Waals surface area contributed by atoms with Crippen molar-refractivity contribution in [2.45, 2.75) is 0 Å². The summed E-state index contributed by atoms with van der Waals surface area (Å²) in [5, 5.41) is 3.02. The van der Waals surface area contributed by atoms with Crippen LogP contribution in [0.5, 0.6) is 11.5 Å². The highest BCUT2D eigenvalue weighted by molar-refractivity contribution is 6.07. The lowest BCUT2D eigenvalue weighted by Crippen LogP contribution is -1.96. The number of nitrogens with one attached hydrogen (secondary N) is 1. The number of ether oxygens (including phenoxy) is 2. The van der Waals surface area contributed by atoms with Crippen LogP contribution in [-0.4, -0.2) is 27.1 Å². The highest BCUT2D eigenvalue weighted by atomic mass is 16.5. The smallest absolute Gasteiger partial charge is 0.185 e. The van der Waals surface area contributed by atoms with E-state index in [9.17, 15) is 4.79 Å². The molecule has 114 valence electrons. The molecule has 4 nitrogen and oxygen atoms in total. The van der Waals surface area contributed by atoms with E-state index in [-0.39, 0.29) is 5.78 Å². The number of carbonyl (C=O) groups excluding carboxylic acids is 1. The van der Waals surface area contributed by atoms with Gasteiger partial charge in [0.25, 0.3) is 0 Å². The number of carbonyl (C=O) groups is 1. The number of allylic oxidation sites excluding steroid dienone is 1. The molecule has 4 heteroatoms. The van der Waals surface area contributed by atoms with E-state index in [0.717, 1.165) is 11.3 Å². The summed E-state index contributed by atoms with van der Waals surface area (Å²) in [6.45, 7) is 0. The van der Waals surface area contributed by atoms with Crippen molar-refractivity contribution in [1.82, 2.24) is 0 Å². The molecule has 0 spiro atoms. The Balaban J connectivity index is 2.22. The first kappa shape index (κ1) is 15.6. The number of hydrogen-bond donors (Lipinski definition) is 1. The van der Waals surface area contributed by atoms with Crippen LogP contribution in [0.2, 0.25) is 0 Å². The molecule has 0 amide bonds. The minimum Gasteiger partial charge on any atom is -0.493 e. The van der Waals surface area contributed by atoms with Gasteiger partial charge in [0.15, 0.2) is 17.3 Å². The predicted molar refractivity (Wildman–Crippen MR) is 88.9 cm³/mol. The van der Waals surface area contributed by atoms with Gasteiger partial charge in [-0.05, 0) is 42.5 Å². The Morgan fingerprint density at radius 1 is 1.05 bits per heavy atom. The van der Waals surface area contributed by atoms with Gasteiger partial charge in [-0.15, -0.1) is 0 Å². The van der Waals surface area contributed by atoms with Gasteiger partial charge in [0.05, 0.1) is 14.2 Å². The second-order valence-electron chi connectivity index (χ2n) is 4.61. The van der Waals surface area contributed by atoms with Crippen LogP contribution in [0.4, 0.5) is 5.69 Å². The van der Waals surface area contributed by atoms with E-state index in [1.165, 1.54) is 6.08 Å². The Morgan fingerprint density at radius 2 is 1.77 bits per heavy atom. The van der Waals surface area contributed by atoms with Crippen molar-refractivity contribution in [2.24, 2.45) is 0 Å². The Labute approximate surface area is 130 Å². The number of benzene rings is 2. The lowest BCUT2D eigenvalue weighted by molar-refractivity contribution is 0.104. The third-order valence-corrected chi connectivity index (χ3v) is 3.31. The highest BCUT2D eigenvalue weighted by Gasteiger charge is 2.08. The van der Waals surface area contributed by atoms with Crippen LogP contribution in [0.3, 0.4) is 0 Å². The molecule has 0 radical (unpaired) electrons. The van der Waals surface area contributed by atoms with E-state index in [2.05, 4.69) is 5.32 Å². The number of rotatable bonds is 6. The SMILES string of the molecule is CNc1ccc(C(=O)C=Cc2cccc(OC)c2OC)cc1. The Kier molecular flexibility index (Phi) is 5.20. The lowest BCUT2D eigenvalue weighted by Gasteiger charge is -2.09. The second kappa shape index (κ2) is 7.31. The molecule has 0 atom stereocenters. The Hall–Kier alpha value is -2.75. The van der Waals surface area contributed by atoms with Gasteiger partial charge in [0.2, 0.25) is 0 Å². The summed E-state index contributed by atoms with van der Waals surface area (Å²) >= 11 is 0. The topological polar surface area (TPSA) is 47.6 Å². The zero-order valence-electron chi connectivity index (χ0n) is 12.9. The van der Waals surface area contributed by atoms with Gasteiger partial charge in [0.1, 0.15) is 0 Å². The average Bonchev–Trinajstić information content (AvgIpc) is 2.59. The van der Waals surface area contributed by atoms with Crippen molar-refractivity contribution in [1.29, 1.82) is 0 Å². The molecule has 0 unspecified atom stereocenters. The maximum absolute atomic E-state index is 12.2. The second-order valence-corrected chi connectivity index (χ2v) is 4.61. The van der Waals surface area contributed by atoms with Crippen LogP contribution in [0.15, 0.2) is 48.5 Å². The van der Waals surface area contributed by atoms with Crippen LogP contribution in [0.25, 0.3) is 6.08 Å². The highest BCUT2D eigenvalue weighted by Crippen LogP contribution is 2.31. The molecule has 2 rings (SSSR count). The van der Waals surface area contributed by atoms with Gasteiger partial charge in [-0.2, -0.15) is 0 Å². The third-order valence-electron chi connectivity index (χ3n) is 3.31. The fourth-order valence-corrected chi connectivity index (χ4v) is 2.11. The first-order chi connectivity index (χ1) is 10.7. The molecule has 0 saturated heterocycles. The zero-order valence-corrected chi connectivity index (χ0v) is 12.9. The molecule has 0 aliphatic carbocycles. The van der Waals surface area contributed by atoms with E-state index in [4.69, 9.17) is 9.47 Å². The van der Waals surface area contributed by atoms with Crippen LogP contribution in [0.1, 0.15) is 15.9 Å². The van der Waals surface area contributed by atoms with Crippen molar-refractivity contribution in [2.75, 3.05) is 26.6 Å². The van der Waals surface area contributed by atoms with Crippen molar-refractivity contribution < 1.29 is 14.3 Å². The van der Waals surface area contributed by atoms with Gasteiger partial charge in [-0.1, -0.05) is 12.1 Å². The lowest BCUT2D eigenvalue weighted by atomic mass is 10.1. The van der Waals surface area contributed by atoms with E-state index in [1.54, 1.807) is 32.4 Å².